The summed E-state index contributed by atoms with van der Waals surface area (Å²) in [6.45, 7) is 0.437. The first-order chi connectivity index (χ1) is 9.09. The van der Waals surface area contributed by atoms with E-state index in [1.807, 2.05) is 18.2 Å². The molecule has 1 aromatic rings. The average molecular weight is 260 g/mol. The highest BCUT2D eigenvalue weighted by molar-refractivity contribution is 6.02. The Morgan fingerprint density at radius 3 is 2.47 bits per heavy atom. The van der Waals surface area contributed by atoms with Crippen LogP contribution in [0, 0.1) is 0 Å². The van der Waals surface area contributed by atoms with E-state index in [0.717, 1.165) is 0 Å². The van der Waals surface area contributed by atoms with Crippen LogP contribution in [0.15, 0.2) is 30.3 Å². The van der Waals surface area contributed by atoms with Crippen LogP contribution in [-0.4, -0.2) is 47.7 Å². The highest BCUT2D eigenvalue weighted by Crippen LogP contribution is 2.11. The van der Waals surface area contributed by atoms with E-state index in [-0.39, 0.29) is 24.3 Å². The van der Waals surface area contributed by atoms with Crippen molar-refractivity contribution in [3.05, 3.63) is 35.9 Å². The van der Waals surface area contributed by atoms with Gasteiger partial charge >= 0.3 is 6.03 Å². The number of rotatable bonds is 5. The molecule has 1 fully saturated rings. The van der Waals surface area contributed by atoms with Gasteiger partial charge in [0.2, 0.25) is 5.91 Å². The van der Waals surface area contributed by atoms with Gasteiger partial charge in [0.05, 0.1) is 0 Å². The van der Waals surface area contributed by atoms with Crippen LogP contribution in [0.3, 0.4) is 0 Å². The fourth-order valence-corrected chi connectivity index (χ4v) is 2.06. The van der Waals surface area contributed by atoms with E-state index in [4.69, 9.17) is 0 Å². The third kappa shape index (κ3) is 2.99. The van der Waals surface area contributed by atoms with Gasteiger partial charge in [-0.15, -0.1) is 0 Å². The van der Waals surface area contributed by atoms with Crippen molar-refractivity contribution in [2.45, 2.75) is 12.8 Å². The largest absolute Gasteiger partial charge is 0.326 e. The van der Waals surface area contributed by atoms with Gasteiger partial charge in [-0.3, -0.25) is 14.5 Å². The van der Waals surface area contributed by atoms with E-state index in [0.29, 0.717) is 24.9 Å². The number of hydrogen-bond acceptors (Lipinski definition) is 3. The Hall–Kier alpha value is -2.17. The first-order valence-corrected chi connectivity index (χ1v) is 6.23. The molecule has 0 bridgehead atoms. The van der Waals surface area contributed by atoms with Gasteiger partial charge in [0.25, 0.3) is 0 Å². The predicted molar refractivity (Wildman–Crippen MR) is 69.7 cm³/mol. The zero-order chi connectivity index (χ0) is 13.8. The van der Waals surface area contributed by atoms with E-state index >= 15 is 0 Å². The van der Waals surface area contributed by atoms with Crippen LogP contribution in [0.25, 0.3) is 0 Å². The van der Waals surface area contributed by atoms with Crippen molar-refractivity contribution in [1.29, 1.82) is 0 Å². The first kappa shape index (κ1) is 13.3. The number of amides is 3. The van der Waals surface area contributed by atoms with Crippen LogP contribution in [0.5, 0.6) is 0 Å². The molecule has 0 saturated carbocycles. The molecule has 0 aromatic heterocycles. The SMILES string of the molecule is CN1CC(=O)N(CCCC(=O)c2ccccc2)C1=O. The smallest absolute Gasteiger partial charge is 0.318 e. The van der Waals surface area contributed by atoms with Crippen molar-refractivity contribution in [3.63, 3.8) is 0 Å². The predicted octanol–water partition coefficient (Wildman–Crippen LogP) is 1.54. The lowest BCUT2D eigenvalue weighted by Gasteiger charge is -2.13. The highest BCUT2D eigenvalue weighted by Gasteiger charge is 2.32. The lowest BCUT2D eigenvalue weighted by molar-refractivity contribution is -0.125. The Balaban J connectivity index is 1.83. The van der Waals surface area contributed by atoms with E-state index < -0.39 is 0 Å². The third-order valence-electron chi connectivity index (χ3n) is 3.11. The fraction of sp³-hybridized carbons (Fsp3) is 0.357. The molecule has 1 saturated heterocycles. The third-order valence-corrected chi connectivity index (χ3v) is 3.11. The molecule has 1 aliphatic heterocycles. The number of urea groups is 1. The Labute approximate surface area is 111 Å². The number of likely N-dealkylation sites (N-methyl/N-ethyl adjacent to an activating group) is 1. The normalized spacial score (nSPS) is 15.2. The number of benzene rings is 1. The minimum Gasteiger partial charge on any atom is -0.318 e. The summed E-state index contributed by atoms with van der Waals surface area (Å²) in [6.07, 6.45) is 0.837. The van der Waals surface area contributed by atoms with Gasteiger partial charge in [0.1, 0.15) is 6.54 Å². The number of hydrogen-bond donors (Lipinski definition) is 0. The minimum atomic E-state index is -0.280. The van der Waals surface area contributed by atoms with Crippen molar-refractivity contribution in [2.24, 2.45) is 0 Å². The quantitative estimate of drug-likeness (QED) is 0.596. The molecule has 100 valence electrons. The van der Waals surface area contributed by atoms with Gasteiger partial charge < -0.3 is 4.90 Å². The molecule has 1 heterocycles. The van der Waals surface area contributed by atoms with E-state index in [9.17, 15) is 14.4 Å². The maximum Gasteiger partial charge on any atom is 0.326 e. The summed E-state index contributed by atoms with van der Waals surface area (Å²) in [5.74, 6) is -0.160. The Morgan fingerprint density at radius 1 is 1.21 bits per heavy atom. The van der Waals surface area contributed by atoms with Gasteiger partial charge in [-0.1, -0.05) is 30.3 Å². The van der Waals surface area contributed by atoms with E-state index in [1.54, 1.807) is 19.2 Å². The molecule has 1 aliphatic rings. The Kier molecular flexibility index (Phi) is 3.94. The summed E-state index contributed by atoms with van der Waals surface area (Å²) >= 11 is 0. The maximum absolute atomic E-state index is 11.8. The Morgan fingerprint density at radius 2 is 1.89 bits per heavy atom. The molecule has 3 amide bonds. The van der Waals surface area contributed by atoms with Gasteiger partial charge in [0.15, 0.2) is 5.78 Å². The molecule has 5 heteroatoms. The van der Waals surface area contributed by atoms with E-state index in [1.165, 1.54) is 9.80 Å². The van der Waals surface area contributed by atoms with Gasteiger partial charge in [-0.2, -0.15) is 0 Å². The molecule has 0 spiro atoms. The van der Waals surface area contributed by atoms with Gasteiger partial charge in [-0.05, 0) is 6.42 Å². The van der Waals surface area contributed by atoms with Crippen LogP contribution in [0.4, 0.5) is 4.79 Å². The molecular weight excluding hydrogens is 244 g/mol. The summed E-state index contributed by atoms with van der Waals surface area (Å²) < 4.78 is 0. The Bertz CT molecular complexity index is 499. The number of carbonyl (C=O) groups excluding carboxylic acids is 3. The molecule has 5 nitrogen and oxygen atoms in total. The van der Waals surface area contributed by atoms with Crippen LogP contribution < -0.4 is 0 Å². The van der Waals surface area contributed by atoms with Crippen molar-refractivity contribution in [2.75, 3.05) is 20.1 Å². The average Bonchev–Trinajstić information content (AvgIpc) is 2.66. The molecule has 0 aliphatic carbocycles. The second-order valence-corrected chi connectivity index (χ2v) is 4.58. The zero-order valence-electron chi connectivity index (χ0n) is 10.8. The van der Waals surface area contributed by atoms with Crippen molar-refractivity contribution in [3.8, 4) is 0 Å². The van der Waals surface area contributed by atoms with Crippen molar-refractivity contribution < 1.29 is 14.4 Å². The molecular formula is C14H16N2O3. The number of Topliss-reactive ketones (excluding diaryl/α,β-unsaturated/α-hetero) is 1. The van der Waals surface area contributed by atoms with Crippen LogP contribution in [0.1, 0.15) is 23.2 Å². The standard InChI is InChI=1S/C14H16N2O3/c1-15-10-13(18)16(14(15)19)9-5-8-12(17)11-6-3-2-4-7-11/h2-4,6-7H,5,8-10H2,1H3. The molecule has 19 heavy (non-hydrogen) atoms. The fourth-order valence-electron chi connectivity index (χ4n) is 2.06. The summed E-state index contributed by atoms with van der Waals surface area (Å²) in [6, 6.07) is 8.74. The lowest BCUT2D eigenvalue weighted by Crippen LogP contribution is -2.32. The number of carbonyl (C=O) groups is 3. The molecule has 0 radical (unpaired) electrons. The minimum absolute atomic E-state index is 0.0352. The van der Waals surface area contributed by atoms with Crippen LogP contribution in [-0.2, 0) is 4.79 Å². The second kappa shape index (κ2) is 5.65. The topological polar surface area (TPSA) is 57.7 Å². The molecule has 1 aromatic carbocycles. The number of nitrogens with zero attached hydrogens (tertiary/aromatic N) is 2. The monoisotopic (exact) mass is 260 g/mol. The molecule has 0 N–H and O–H groups in total. The number of ketones is 1. The zero-order valence-corrected chi connectivity index (χ0v) is 10.8. The second-order valence-electron chi connectivity index (χ2n) is 4.58. The summed E-state index contributed by atoms with van der Waals surface area (Å²) in [7, 11) is 1.59. The summed E-state index contributed by atoms with van der Waals surface area (Å²) in [5.41, 5.74) is 0.665. The van der Waals surface area contributed by atoms with Crippen molar-refractivity contribution in [1.82, 2.24) is 9.80 Å². The summed E-state index contributed by atoms with van der Waals surface area (Å²) in [4.78, 5) is 37.6. The van der Waals surface area contributed by atoms with Crippen LogP contribution >= 0.6 is 0 Å². The molecule has 0 unspecified atom stereocenters. The van der Waals surface area contributed by atoms with Crippen molar-refractivity contribution >= 4 is 17.7 Å². The highest BCUT2D eigenvalue weighted by atomic mass is 16.2. The number of imide groups is 1. The summed E-state index contributed by atoms with van der Waals surface area (Å²) in [5, 5.41) is 0. The van der Waals surface area contributed by atoms with Gasteiger partial charge in [-0.25, -0.2) is 4.79 Å². The molecule has 0 atom stereocenters. The van der Waals surface area contributed by atoms with Crippen LogP contribution in [0.2, 0.25) is 0 Å². The lowest BCUT2D eigenvalue weighted by atomic mass is 10.1. The molecule has 2 rings (SSSR count). The van der Waals surface area contributed by atoms with Gasteiger partial charge in [0, 0.05) is 25.6 Å². The van der Waals surface area contributed by atoms with E-state index in [2.05, 4.69) is 0 Å². The first-order valence-electron chi connectivity index (χ1n) is 6.23. The maximum atomic E-state index is 11.8.